The minimum absolute atomic E-state index is 0.265. The van der Waals surface area contributed by atoms with Crippen molar-refractivity contribution < 1.29 is 0 Å². The van der Waals surface area contributed by atoms with Crippen LogP contribution in [0, 0.1) is 5.92 Å². The quantitative estimate of drug-likeness (QED) is 0.475. The molecular weight excluding hydrogens is 390 g/mol. The first-order valence-electron chi connectivity index (χ1n) is 10.6. The summed E-state index contributed by atoms with van der Waals surface area (Å²) >= 11 is 0. The molecule has 0 saturated carbocycles. The highest BCUT2D eigenvalue weighted by atomic mass is 16.1. The van der Waals surface area contributed by atoms with Crippen molar-refractivity contribution >= 4 is 21.8 Å². The lowest BCUT2D eigenvalue weighted by Gasteiger charge is -2.24. The highest BCUT2D eigenvalue weighted by molar-refractivity contribution is 5.94. The Morgan fingerprint density at radius 2 is 1.84 bits per heavy atom. The Morgan fingerprint density at radius 3 is 2.65 bits per heavy atom. The summed E-state index contributed by atoms with van der Waals surface area (Å²) in [4.78, 5) is 13.1. The molecule has 8 heteroatoms. The molecule has 0 radical (unpaired) electrons. The summed E-state index contributed by atoms with van der Waals surface area (Å²) in [6.45, 7) is 1.53. The Kier molecular flexibility index (Phi) is 3.91. The zero-order valence-electron chi connectivity index (χ0n) is 17.2. The van der Waals surface area contributed by atoms with Crippen LogP contribution in [0.3, 0.4) is 0 Å². The van der Waals surface area contributed by atoms with Crippen molar-refractivity contribution in [3.05, 3.63) is 64.7 Å². The molecule has 2 aromatic carbocycles. The Morgan fingerprint density at radius 1 is 1.10 bits per heavy atom. The predicted molar refractivity (Wildman–Crippen MR) is 120 cm³/mol. The number of rotatable bonds is 3. The smallest absolute Gasteiger partial charge is 0.343 e. The van der Waals surface area contributed by atoms with E-state index in [1.54, 1.807) is 4.57 Å². The normalized spacial score (nSPS) is 16.3. The lowest BCUT2D eigenvalue weighted by molar-refractivity contribution is 0.401. The fraction of sp³-hybridized carbons (Fsp3) is 0.261. The molecule has 1 unspecified atom stereocenters. The summed E-state index contributed by atoms with van der Waals surface area (Å²) < 4.78 is 5.85. The molecule has 0 aliphatic carbocycles. The SMILES string of the molecule is Cn1nc(-c2n[nH]c(=O)n2-c2c3n(c4ccccc24)CCC(CN)C3)c2ccccc21. The number of benzene rings is 2. The Bertz CT molecular complexity index is 1500. The van der Waals surface area contributed by atoms with Gasteiger partial charge in [-0.15, -0.1) is 0 Å². The van der Waals surface area contributed by atoms with Gasteiger partial charge >= 0.3 is 5.69 Å². The number of nitrogens with two attached hydrogens (primary N) is 1. The second kappa shape index (κ2) is 6.68. The molecule has 6 rings (SSSR count). The summed E-state index contributed by atoms with van der Waals surface area (Å²) in [6, 6.07) is 16.2. The number of nitrogens with zero attached hydrogens (tertiary/aromatic N) is 5. The summed E-state index contributed by atoms with van der Waals surface area (Å²) in [5.74, 6) is 0.924. The van der Waals surface area contributed by atoms with Gasteiger partial charge in [0.2, 0.25) is 0 Å². The molecule has 0 spiro atoms. The lowest BCUT2D eigenvalue weighted by atomic mass is 9.95. The first-order valence-corrected chi connectivity index (χ1v) is 10.6. The van der Waals surface area contributed by atoms with Gasteiger partial charge in [-0.3, -0.25) is 4.68 Å². The van der Waals surface area contributed by atoms with Crippen LogP contribution in [0.4, 0.5) is 0 Å². The maximum Gasteiger partial charge on any atom is 0.348 e. The zero-order valence-corrected chi connectivity index (χ0v) is 17.2. The first kappa shape index (κ1) is 18.1. The second-order valence-electron chi connectivity index (χ2n) is 8.24. The third kappa shape index (κ3) is 2.55. The van der Waals surface area contributed by atoms with E-state index >= 15 is 0 Å². The van der Waals surface area contributed by atoms with Crippen LogP contribution in [0.5, 0.6) is 0 Å². The maximum absolute atomic E-state index is 13.1. The van der Waals surface area contributed by atoms with Crippen LogP contribution >= 0.6 is 0 Å². The molecule has 8 nitrogen and oxygen atoms in total. The van der Waals surface area contributed by atoms with E-state index in [1.165, 1.54) is 0 Å². The summed E-state index contributed by atoms with van der Waals surface area (Å²) in [5.41, 5.74) is 10.6. The van der Waals surface area contributed by atoms with Crippen LogP contribution < -0.4 is 11.4 Å². The Hall–Kier alpha value is -3.65. The highest BCUT2D eigenvalue weighted by Gasteiger charge is 2.29. The minimum Gasteiger partial charge on any atom is -0.343 e. The highest BCUT2D eigenvalue weighted by Crippen LogP contribution is 2.36. The van der Waals surface area contributed by atoms with Gasteiger partial charge in [0.15, 0.2) is 5.82 Å². The Labute approximate surface area is 177 Å². The number of fused-ring (bicyclic) bond motifs is 4. The monoisotopic (exact) mass is 413 g/mol. The predicted octanol–water partition coefficient (Wildman–Crippen LogP) is 2.59. The molecule has 0 saturated heterocycles. The maximum atomic E-state index is 13.1. The number of aromatic amines is 1. The number of hydrogen-bond acceptors (Lipinski definition) is 4. The number of aromatic nitrogens is 6. The number of para-hydroxylation sites is 2. The number of aryl methyl sites for hydroxylation is 2. The van der Waals surface area contributed by atoms with Crippen molar-refractivity contribution in [1.29, 1.82) is 0 Å². The third-order valence-electron chi connectivity index (χ3n) is 6.49. The number of H-pyrrole nitrogens is 1. The van der Waals surface area contributed by atoms with Gasteiger partial charge in [0.1, 0.15) is 5.69 Å². The fourth-order valence-corrected chi connectivity index (χ4v) is 4.98. The first-order chi connectivity index (χ1) is 15.2. The second-order valence-corrected chi connectivity index (χ2v) is 8.24. The average molecular weight is 413 g/mol. The van der Waals surface area contributed by atoms with Gasteiger partial charge in [0.25, 0.3) is 0 Å². The van der Waals surface area contributed by atoms with E-state index in [-0.39, 0.29) is 5.69 Å². The molecular formula is C23H23N7O. The van der Waals surface area contributed by atoms with E-state index < -0.39 is 0 Å². The molecule has 0 fully saturated rings. The molecule has 3 aromatic heterocycles. The summed E-state index contributed by atoms with van der Waals surface area (Å²) in [7, 11) is 1.91. The van der Waals surface area contributed by atoms with Gasteiger partial charge in [-0.05, 0) is 37.4 Å². The van der Waals surface area contributed by atoms with E-state index in [2.05, 4.69) is 26.9 Å². The molecule has 31 heavy (non-hydrogen) atoms. The largest absolute Gasteiger partial charge is 0.348 e. The zero-order chi connectivity index (χ0) is 21.1. The van der Waals surface area contributed by atoms with Gasteiger partial charge in [-0.1, -0.05) is 36.4 Å². The minimum atomic E-state index is -0.265. The summed E-state index contributed by atoms with van der Waals surface area (Å²) in [5, 5.41) is 13.8. The molecule has 3 N–H and O–H groups in total. The van der Waals surface area contributed by atoms with Crippen molar-refractivity contribution in [2.75, 3.05) is 6.54 Å². The van der Waals surface area contributed by atoms with Crippen molar-refractivity contribution in [2.24, 2.45) is 18.7 Å². The van der Waals surface area contributed by atoms with Crippen molar-refractivity contribution in [3.63, 3.8) is 0 Å². The van der Waals surface area contributed by atoms with Crippen molar-refractivity contribution in [1.82, 2.24) is 29.1 Å². The van der Waals surface area contributed by atoms with Gasteiger partial charge in [-0.2, -0.15) is 10.2 Å². The van der Waals surface area contributed by atoms with E-state index in [9.17, 15) is 4.79 Å². The topological polar surface area (TPSA) is 99.5 Å². The molecule has 5 aromatic rings. The standard InChI is InChI=1S/C23H23N7O/c1-28-17-8-4-2-6-15(17)20(27-28)22-25-26-23(31)30(22)21-16-7-3-5-9-18(16)29-11-10-14(13-24)12-19(21)29/h2-9,14H,10-13,24H2,1H3,(H,26,31). The van der Waals surface area contributed by atoms with Crippen molar-refractivity contribution in [2.45, 2.75) is 19.4 Å². The molecule has 1 aliphatic heterocycles. The third-order valence-corrected chi connectivity index (χ3v) is 6.49. The molecule has 156 valence electrons. The van der Waals surface area contributed by atoms with E-state index in [0.29, 0.717) is 24.0 Å². The van der Waals surface area contributed by atoms with E-state index in [0.717, 1.165) is 52.6 Å². The number of nitrogens with one attached hydrogen (secondary N) is 1. The molecule has 0 amide bonds. The van der Waals surface area contributed by atoms with E-state index in [4.69, 9.17) is 10.8 Å². The number of hydrogen-bond donors (Lipinski definition) is 2. The fourth-order valence-electron chi connectivity index (χ4n) is 4.98. The van der Waals surface area contributed by atoms with Crippen LogP contribution in [0.1, 0.15) is 12.1 Å². The molecule has 4 heterocycles. The van der Waals surface area contributed by atoms with Gasteiger partial charge in [0, 0.05) is 30.1 Å². The molecule has 1 aliphatic rings. The van der Waals surface area contributed by atoms with Crippen LogP contribution in [-0.4, -0.2) is 35.7 Å². The van der Waals surface area contributed by atoms with Crippen LogP contribution in [0.15, 0.2) is 53.3 Å². The van der Waals surface area contributed by atoms with Crippen molar-refractivity contribution in [3.8, 4) is 17.2 Å². The summed E-state index contributed by atoms with van der Waals surface area (Å²) in [6.07, 6.45) is 1.88. The molecule has 0 bridgehead atoms. The lowest BCUT2D eigenvalue weighted by Crippen LogP contribution is -2.27. The molecule has 1 atom stereocenters. The Balaban J connectivity index is 1.68. The van der Waals surface area contributed by atoms with Crippen LogP contribution in [0.2, 0.25) is 0 Å². The van der Waals surface area contributed by atoms with Gasteiger partial charge in [0.05, 0.1) is 16.7 Å². The van der Waals surface area contributed by atoms with Crippen LogP contribution in [-0.2, 0) is 20.0 Å². The van der Waals surface area contributed by atoms with Crippen LogP contribution in [0.25, 0.3) is 39.0 Å². The van der Waals surface area contributed by atoms with Gasteiger partial charge < -0.3 is 10.3 Å². The van der Waals surface area contributed by atoms with E-state index in [1.807, 2.05) is 48.1 Å². The average Bonchev–Trinajstić information content (AvgIpc) is 3.44. The van der Waals surface area contributed by atoms with Gasteiger partial charge in [-0.25, -0.2) is 14.5 Å².